The van der Waals surface area contributed by atoms with Gasteiger partial charge in [-0.3, -0.25) is 0 Å². The normalized spacial score (nSPS) is 20.2. The largest absolute Gasteiger partial charge is 0.317 e. The van der Waals surface area contributed by atoms with Crippen LogP contribution in [-0.2, 0) is 0 Å². The van der Waals surface area contributed by atoms with Gasteiger partial charge in [-0.05, 0) is 50.8 Å². The molecule has 1 heterocycles. The molecular weight excluding hydrogens is 170 g/mol. The molecule has 1 aliphatic rings. The molecule has 0 aromatic heterocycles. The van der Waals surface area contributed by atoms with Gasteiger partial charge in [-0.15, -0.1) is 0 Å². The standard InChI is InChI=1S/C13H21N/c1-3-5-12(6-4-2)11-13-7-9-14-10-8-13/h3-6,13-14H,1,7-11H2,2H3/b6-4-,12-5+. The smallest absolute Gasteiger partial charge is 0.00462 e. The lowest BCUT2D eigenvalue weighted by Crippen LogP contribution is -2.27. The van der Waals surface area contributed by atoms with E-state index in [1.807, 2.05) is 6.08 Å². The highest BCUT2D eigenvalue weighted by atomic mass is 14.9. The molecule has 0 radical (unpaired) electrons. The van der Waals surface area contributed by atoms with E-state index >= 15 is 0 Å². The van der Waals surface area contributed by atoms with Crippen molar-refractivity contribution in [1.82, 2.24) is 5.32 Å². The van der Waals surface area contributed by atoms with E-state index in [9.17, 15) is 0 Å². The van der Waals surface area contributed by atoms with Crippen molar-refractivity contribution in [3.05, 3.63) is 36.5 Å². The number of nitrogens with one attached hydrogen (secondary N) is 1. The minimum Gasteiger partial charge on any atom is -0.317 e. The molecular formula is C13H21N. The summed E-state index contributed by atoms with van der Waals surface area (Å²) in [4.78, 5) is 0. The van der Waals surface area contributed by atoms with Crippen molar-refractivity contribution in [2.24, 2.45) is 5.92 Å². The van der Waals surface area contributed by atoms with Crippen LogP contribution in [0.4, 0.5) is 0 Å². The summed E-state index contributed by atoms with van der Waals surface area (Å²) < 4.78 is 0. The van der Waals surface area contributed by atoms with Crippen LogP contribution in [0, 0.1) is 5.92 Å². The first-order valence-electron chi connectivity index (χ1n) is 5.52. The highest BCUT2D eigenvalue weighted by Gasteiger charge is 2.13. The molecule has 0 aromatic carbocycles. The van der Waals surface area contributed by atoms with Crippen molar-refractivity contribution in [2.75, 3.05) is 13.1 Å². The van der Waals surface area contributed by atoms with E-state index < -0.39 is 0 Å². The monoisotopic (exact) mass is 191 g/mol. The first kappa shape index (κ1) is 11.3. The second-order valence-corrected chi connectivity index (χ2v) is 3.87. The Morgan fingerprint density at radius 2 is 2.14 bits per heavy atom. The summed E-state index contributed by atoms with van der Waals surface area (Å²) >= 11 is 0. The third kappa shape index (κ3) is 3.93. The minimum absolute atomic E-state index is 0.860. The van der Waals surface area contributed by atoms with Crippen molar-refractivity contribution in [3.63, 3.8) is 0 Å². The van der Waals surface area contributed by atoms with Gasteiger partial charge < -0.3 is 5.32 Å². The lowest BCUT2D eigenvalue weighted by molar-refractivity contribution is 0.374. The number of rotatable bonds is 4. The Hall–Kier alpha value is -0.820. The predicted molar refractivity (Wildman–Crippen MR) is 63.3 cm³/mol. The molecule has 14 heavy (non-hydrogen) atoms. The summed E-state index contributed by atoms with van der Waals surface area (Å²) in [6.45, 7) is 8.19. The molecule has 1 N–H and O–H groups in total. The molecule has 0 aliphatic carbocycles. The average Bonchev–Trinajstić information content (AvgIpc) is 2.20. The molecule has 0 unspecified atom stereocenters. The predicted octanol–water partition coefficient (Wildman–Crippen LogP) is 3.06. The maximum Gasteiger partial charge on any atom is -0.00462 e. The van der Waals surface area contributed by atoms with E-state index in [1.165, 1.54) is 37.9 Å². The molecule has 0 amide bonds. The zero-order valence-electron chi connectivity index (χ0n) is 9.13. The van der Waals surface area contributed by atoms with E-state index in [0.717, 1.165) is 5.92 Å². The van der Waals surface area contributed by atoms with Crippen LogP contribution in [0.15, 0.2) is 36.5 Å². The summed E-state index contributed by atoms with van der Waals surface area (Å²) in [5, 5.41) is 3.39. The Morgan fingerprint density at radius 3 is 2.71 bits per heavy atom. The third-order valence-corrected chi connectivity index (χ3v) is 2.70. The summed E-state index contributed by atoms with van der Waals surface area (Å²) in [5.74, 6) is 0.860. The van der Waals surface area contributed by atoms with Crippen LogP contribution in [0.5, 0.6) is 0 Å². The lowest BCUT2D eigenvalue weighted by Gasteiger charge is -2.22. The zero-order valence-corrected chi connectivity index (χ0v) is 9.13. The van der Waals surface area contributed by atoms with E-state index in [4.69, 9.17) is 0 Å². The van der Waals surface area contributed by atoms with Crippen LogP contribution < -0.4 is 5.32 Å². The van der Waals surface area contributed by atoms with Gasteiger partial charge in [0, 0.05) is 0 Å². The first-order valence-corrected chi connectivity index (χ1v) is 5.52. The van der Waals surface area contributed by atoms with E-state index in [-0.39, 0.29) is 0 Å². The number of hydrogen-bond donors (Lipinski definition) is 1. The van der Waals surface area contributed by atoms with Crippen molar-refractivity contribution < 1.29 is 0 Å². The summed E-state index contributed by atoms with van der Waals surface area (Å²) in [6, 6.07) is 0. The van der Waals surface area contributed by atoms with Crippen molar-refractivity contribution in [3.8, 4) is 0 Å². The Balaban J connectivity index is 2.45. The maximum atomic E-state index is 3.75. The Labute approximate surface area is 87.6 Å². The quantitative estimate of drug-likeness (QED) is 0.673. The molecule has 1 aliphatic heterocycles. The zero-order chi connectivity index (χ0) is 10.2. The fraction of sp³-hybridized carbons (Fsp3) is 0.538. The SMILES string of the molecule is C=C/C=C(\C=C/C)CC1CCNCC1. The molecule has 0 bridgehead atoms. The van der Waals surface area contributed by atoms with Gasteiger partial charge in [0.15, 0.2) is 0 Å². The molecule has 1 heteroatoms. The molecule has 0 spiro atoms. The number of hydrogen-bond acceptors (Lipinski definition) is 1. The summed E-state index contributed by atoms with van der Waals surface area (Å²) in [7, 11) is 0. The van der Waals surface area contributed by atoms with Gasteiger partial charge in [-0.25, -0.2) is 0 Å². The van der Waals surface area contributed by atoms with E-state index in [1.54, 1.807) is 0 Å². The van der Waals surface area contributed by atoms with Crippen molar-refractivity contribution in [1.29, 1.82) is 0 Å². The van der Waals surface area contributed by atoms with Gasteiger partial charge in [0.05, 0.1) is 0 Å². The van der Waals surface area contributed by atoms with Gasteiger partial charge in [0.2, 0.25) is 0 Å². The van der Waals surface area contributed by atoms with Gasteiger partial charge in [-0.1, -0.05) is 30.9 Å². The van der Waals surface area contributed by atoms with Crippen molar-refractivity contribution >= 4 is 0 Å². The van der Waals surface area contributed by atoms with E-state index in [0.29, 0.717) is 0 Å². The number of piperidine rings is 1. The van der Waals surface area contributed by atoms with Gasteiger partial charge in [0.1, 0.15) is 0 Å². The Kier molecular flexibility index (Phi) is 5.31. The molecule has 1 rings (SSSR count). The van der Waals surface area contributed by atoms with Gasteiger partial charge >= 0.3 is 0 Å². The topological polar surface area (TPSA) is 12.0 Å². The average molecular weight is 191 g/mol. The van der Waals surface area contributed by atoms with Gasteiger partial charge in [0.25, 0.3) is 0 Å². The summed E-state index contributed by atoms with van der Waals surface area (Å²) in [5.41, 5.74) is 1.41. The molecule has 1 saturated heterocycles. The van der Waals surface area contributed by atoms with Crippen LogP contribution in [0.2, 0.25) is 0 Å². The van der Waals surface area contributed by atoms with E-state index in [2.05, 4.69) is 37.0 Å². The second-order valence-electron chi connectivity index (χ2n) is 3.87. The molecule has 0 aromatic rings. The molecule has 1 nitrogen and oxygen atoms in total. The molecule has 0 atom stereocenters. The van der Waals surface area contributed by atoms with Crippen LogP contribution in [0.1, 0.15) is 26.2 Å². The lowest BCUT2D eigenvalue weighted by atomic mass is 9.90. The van der Waals surface area contributed by atoms with Crippen LogP contribution in [0.25, 0.3) is 0 Å². The maximum absolute atomic E-state index is 3.75. The van der Waals surface area contributed by atoms with Crippen molar-refractivity contribution in [2.45, 2.75) is 26.2 Å². The Bertz CT molecular complexity index is 219. The first-order chi connectivity index (χ1) is 6.86. The molecule has 78 valence electrons. The third-order valence-electron chi connectivity index (χ3n) is 2.70. The molecule has 1 fully saturated rings. The fourth-order valence-corrected chi connectivity index (χ4v) is 1.98. The highest BCUT2D eigenvalue weighted by molar-refractivity contribution is 5.23. The number of allylic oxidation sites excluding steroid dienone is 5. The van der Waals surface area contributed by atoms with Crippen LogP contribution in [0.3, 0.4) is 0 Å². The second kappa shape index (κ2) is 6.61. The molecule has 0 saturated carbocycles. The van der Waals surface area contributed by atoms with Crippen LogP contribution in [-0.4, -0.2) is 13.1 Å². The minimum atomic E-state index is 0.860. The fourth-order valence-electron chi connectivity index (χ4n) is 1.98. The Morgan fingerprint density at radius 1 is 1.43 bits per heavy atom. The van der Waals surface area contributed by atoms with Gasteiger partial charge in [-0.2, -0.15) is 0 Å². The van der Waals surface area contributed by atoms with Crippen LogP contribution >= 0.6 is 0 Å². The summed E-state index contributed by atoms with van der Waals surface area (Å²) in [6.07, 6.45) is 12.1. The highest BCUT2D eigenvalue weighted by Crippen LogP contribution is 2.21.